The lowest BCUT2D eigenvalue weighted by molar-refractivity contribution is 0.271. The lowest BCUT2D eigenvalue weighted by atomic mass is 9.86. The van der Waals surface area contributed by atoms with E-state index in [0.717, 1.165) is 42.2 Å². The van der Waals surface area contributed by atoms with Crippen LogP contribution in [0.3, 0.4) is 0 Å². The average molecular weight is 480 g/mol. The second kappa shape index (κ2) is 9.13. The number of aromatic nitrogens is 3. The number of imidazole rings is 1. The van der Waals surface area contributed by atoms with Gasteiger partial charge in [-0.05, 0) is 67.1 Å². The molecular weight excluding hydrogens is 450 g/mol. The van der Waals surface area contributed by atoms with Crippen LogP contribution in [-0.2, 0) is 19.4 Å². The zero-order valence-electron chi connectivity index (χ0n) is 18.2. The van der Waals surface area contributed by atoms with Crippen molar-refractivity contribution < 1.29 is 0 Å². The Hall–Kier alpha value is -2.18. The van der Waals surface area contributed by atoms with Gasteiger partial charge in [0.05, 0.1) is 0 Å². The van der Waals surface area contributed by atoms with E-state index >= 15 is 0 Å². The molecule has 1 aliphatic carbocycles. The predicted molar refractivity (Wildman–Crippen MR) is 130 cm³/mol. The molecule has 0 N–H and O–H groups in total. The van der Waals surface area contributed by atoms with Crippen LogP contribution in [0.1, 0.15) is 36.5 Å². The molecule has 31 heavy (non-hydrogen) atoms. The highest BCUT2D eigenvalue weighted by Gasteiger charge is 2.23. The Morgan fingerprint density at radius 3 is 2.52 bits per heavy atom. The summed E-state index contributed by atoms with van der Waals surface area (Å²) in [6, 6.07) is 8.73. The van der Waals surface area contributed by atoms with Gasteiger partial charge in [-0.2, -0.15) is 0 Å². The maximum Gasteiger partial charge on any atom is 0.158 e. The number of pyridine rings is 1. The summed E-state index contributed by atoms with van der Waals surface area (Å²) in [6.07, 6.45) is 10.8. The Kier molecular flexibility index (Phi) is 6.10. The molecule has 3 heterocycles. The van der Waals surface area contributed by atoms with Gasteiger partial charge < -0.3 is 14.4 Å². The van der Waals surface area contributed by atoms with Crippen LogP contribution in [0.25, 0.3) is 11.5 Å². The molecule has 0 saturated carbocycles. The first-order valence-corrected chi connectivity index (χ1v) is 12.3. The molecule has 1 aromatic carbocycles. The van der Waals surface area contributed by atoms with Crippen LogP contribution in [-0.4, -0.2) is 52.2 Å². The Morgan fingerprint density at radius 2 is 1.74 bits per heavy atom. The van der Waals surface area contributed by atoms with Gasteiger partial charge in [0.2, 0.25) is 0 Å². The van der Waals surface area contributed by atoms with Crippen molar-refractivity contribution in [3.8, 4) is 11.5 Å². The molecule has 2 aromatic heterocycles. The molecule has 0 bridgehead atoms. The number of nitrogens with zero attached hydrogens (tertiary/aromatic N) is 5. The molecule has 2 aliphatic rings. The van der Waals surface area contributed by atoms with Crippen LogP contribution in [0.4, 0.5) is 5.69 Å². The van der Waals surface area contributed by atoms with Gasteiger partial charge in [0.1, 0.15) is 5.69 Å². The number of benzene rings is 1. The predicted octanol–water partition coefficient (Wildman–Crippen LogP) is 4.78. The SMILES string of the molecule is CCN1CCN(c2ccc(Cn3ccnc3-c3cc(Br)ccn3)c3c2CCCC3)CC1. The summed E-state index contributed by atoms with van der Waals surface area (Å²) in [6.45, 7) is 8.89. The maximum atomic E-state index is 4.61. The summed E-state index contributed by atoms with van der Waals surface area (Å²) in [7, 11) is 0. The van der Waals surface area contributed by atoms with Crippen molar-refractivity contribution in [2.45, 2.75) is 39.2 Å². The number of piperazine rings is 1. The molecule has 1 aliphatic heterocycles. The normalized spacial score (nSPS) is 17.0. The highest BCUT2D eigenvalue weighted by molar-refractivity contribution is 9.10. The molecule has 0 unspecified atom stereocenters. The van der Waals surface area contributed by atoms with Crippen LogP contribution in [0.15, 0.2) is 47.3 Å². The minimum Gasteiger partial charge on any atom is -0.369 e. The summed E-state index contributed by atoms with van der Waals surface area (Å²) in [5, 5.41) is 0. The van der Waals surface area contributed by atoms with Crippen LogP contribution in [0, 0.1) is 0 Å². The Labute approximate surface area is 193 Å². The van der Waals surface area contributed by atoms with Crippen molar-refractivity contribution >= 4 is 21.6 Å². The summed E-state index contributed by atoms with van der Waals surface area (Å²) < 4.78 is 3.26. The van der Waals surface area contributed by atoms with Gasteiger partial charge in [-0.25, -0.2) is 4.98 Å². The molecule has 0 amide bonds. The Morgan fingerprint density at radius 1 is 0.935 bits per heavy atom. The number of anilines is 1. The van der Waals surface area contributed by atoms with Crippen LogP contribution < -0.4 is 4.90 Å². The van der Waals surface area contributed by atoms with Gasteiger partial charge in [0.25, 0.3) is 0 Å². The van der Waals surface area contributed by atoms with E-state index in [9.17, 15) is 0 Å². The zero-order chi connectivity index (χ0) is 21.2. The number of rotatable bonds is 5. The van der Waals surface area contributed by atoms with E-state index in [0.29, 0.717) is 0 Å². The third-order valence-electron chi connectivity index (χ3n) is 6.77. The zero-order valence-corrected chi connectivity index (χ0v) is 19.8. The van der Waals surface area contributed by atoms with Crippen molar-refractivity contribution in [2.75, 3.05) is 37.6 Å². The van der Waals surface area contributed by atoms with Gasteiger partial charge in [-0.3, -0.25) is 4.98 Å². The molecular formula is C25H30BrN5. The maximum absolute atomic E-state index is 4.61. The summed E-state index contributed by atoms with van der Waals surface area (Å²) in [5.41, 5.74) is 6.98. The molecule has 3 aromatic rings. The topological polar surface area (TPSA) is 37.2 Å². The molecule has 1 fully saturated rings. The molecule has 6 heteroatoms. The highest BCUT2D eigenvalue weighted by Crippen LogP contribution is 2.34. The van der Waals surface area contributed by atoms with Gasteiger partial charge in [-0.1, -0.05) is 28.9 Å². The molecule has 0 atom stereocenters. The molecule has 0 radical (unpaired) electrons. The molecule has 0 spiro atoms. The summed E-state index contributed by atoms with van der Waals surface area (Å²) >= 11 is 3.56. The van der Waals surface area contributed by atoms with Gasteiger partial charge in [0, 0.05) is 61.5 Å². The van der Waals surface area contributed by atoms with E-state index < -0.39 is 0 Å². The number of hydrogen-bond acceptors (Lipinski definition) is 4. The largest absolute Gasteiger partial charge is 0.369 e. The average Bonchev–Trinajstić information content (AvgIpc) is 3.28. The summed E-state index contributed by atoms with van der Waals surface area (Å²) in [5.74, 6) is 0.922. The molecule has 5 nitrogen and oxygen atoms in total. The monoisotopic (exact) mass is 479 g/mol. The van der Waals surface area contributed by atoms with Crippen molar-refractivity contribution in [1.29, 1.82) is 0 Å². The van der Waals surface area contributed by atoms with Crippen molar-refractivity contribution in [3.63, 3.8) is 0 Å². The minimum absolute atomic E-state index is 0.843. The fourth-order valence-electron chi connectivity index (χ4n) is 5.05. The van der Waals surface area contributed by atoms with Crippen molar-refractivity contribution in [1.82, 2.24) is 19.4 Å². The number of hydrogen-bond donors (Lipinski definition) is 0. The third-order valence-corrected chi connectivity index (χ3v) is 7.27. The summed E-state index contributed by atoms with van der Waals surface area (Å²) in [4.78, 5) is 14.3. The fraction of sp³-hybridized carbons (Fsp3) is 0.440. The smallest absolute Gasteiger partial charge is 0.158 e. The van der Waals surface area contributed by atoms with Crippen molar-refractivity contribution in [2.24, 2.45) is 0 Å². The lowest BCUT2D eigenvalue weighted by Gasteiger charge is -2.38. The molecule has 162 valence electrons. The van der Waals surface area contributed by atoms with E-state index in [1.165, 1.54) is 50.0 Å². The first kappa shape index (κ1) is 20.7. The second-order valence-electron chi connectivity index (χ2n) is 8.57. The fourth-order valence-corrected chi connectivity index (χ4v) is 5.39. The van der Waals surface area contributed by atoms with Crippen LogP contribution >= 0.6 is 15.9 Å². The van der Waals surface area contributed by atoms with Gasteiger partial charge >= 0.3 is 0 Å². The second-order valence-corrected chi connectivity index (χ2v) is 9.48. The van der Waals surface area contributed by atoms with Gasteiger partial charge in [-0.15, -0.1) is 0 Å². The van der Waals surface area contributed by atoms with E-state index in [2.05, 4.69) is 65.5 Å². The van der Waals surface area contributed by atoms with E-state index in [1.54, 1.807) is 11.1 Å². The molecule has 5 rings (SSSR count). The lowest BCUT2D eigenvalue weighted by Crippen LogP contribution is -2.46. The quantitative estimate of drug-likeness (QED) is 0.527. The van der Waals surface area contributed by atoms with E-state index in [1.807, 2.05) is 24.5 Å². The number of likely N-dealkylation sites (N-methyl/N-ethyl adjacent to an activating group) is 1. The Balaban J connectivity index is 1.45. The minimum atomic E-state index is 0.843. The van der Waals surface area contributed by atoms with E-state index in [4.69, 9.17) is 0 Å². The number of halogens is 1. The van der Waals surface area contributed by atoms with E-state index in [-0.39, 0.29) is 0 Å². The third kappa shape index (κ3) is 4.28. The highest BCUT2D eigenvalue weighted by atomic mass is 79.9. The van der Waals surface area contributed by atoms with Crippen LogP contribution in [0.2, 0.25) is 0 Å². The number of fused-ring (bicyclic) bond motifs is 1. The first-order valence-electron chi connectivity index (χ1n) is 11.5. The van der Waals surface area contributed by atoms with Crippen molar-refractivity contribution in [3.05, 3.63) is 64.0 Å². The first-order chi connectivity index (χ1) is 15.2. The van der Waals surface area contributed by atoms with Crippen LogP contribution in [0.5, 0.6) is 0 Å². The Bertz CT molecular complexity index is 1050. The standard InChI is InChI=1S/C25H30BrN5/c1-2-29-13-15-30(16-14-29)24-8-7-19(21-5-3-4-6-22(21)24)18-31-12-11-28-25(31)23-17-20(26)9-10-27-23/h7-12,17H,2-6,13-16,18H2,1H3. The van der Waals surface area contributed by atoms with Gasteiger partial charge in [0.15, 0.2) is 5.82 Å². The molecule has 1 saturated heterocycles.